The van der Waals surface area contributed by atoms with Gasteiger partial charge in [0.2, 0.25) is 11.3 Å². The number of nitrogens with one attached hydrogen (secondary N) is 1. The van der Waals surface area contributed by atoms with Crippen molar-refractivity contribution in [3.8, 4) is 5.75 Å². The number of hydrogen-bond acceptors (Lipinski definition) is 5. The van der Waals surface area contributed by atoms with Gasteiger partial charge in [-0.1, -0.05) is 6.07 Å². The molecule has 160 valence electrons. The second-order valence-corrected chi connectivity index (χ2v) is 7.01. The smallest absolute Gasteiger partial charge is 0.244 e. The number of carbonyl (C=O) groups excluding carboxylic acids is 2. The Bertz CT molecular complexity index is 1380. The average Bonchev–Trinajstić information content (AvgIpc) is 2.80. The van der Waals surface area contributed by atoms with Gasteiger partial charge < -0.3 is 14.6 Å². The Morgan fingerprint density at radius 3 is 2.59 bits per heavy atom. The molecular formula is C24H18FN3O4. The maximum Gasteiger partial charge on any atom is 0.244 e. The molecule has 0 unspecified atom stereocenters. The van der Waals surface area contributed by atoms with Crippen LogP contribution in [0.1, 0.15) is 15.9 Å². The number of rotatable bonds is 6. The summed E-state index contributed by atoms with van der Waals surface area (Å²) in [5, 5.41) is 2.89. The summed E-state index contributed by atoms with van der Waals surface area (Å²) < 4.78 is 20.2. The number of ketones is 1. The van der Waals surface area contributed by atoms with Gasteiger partial charge in [0.25, 0.3) is 0 Å². The third-order valence-corrected chi connectivity index (χ3v) is 4.90. The summed E-state index contributed by atoms with van der Waals surface area (Å²) in [6, 6.07) is 13.3. The Morgan fingerprint density at radius 2 is 1.88 bits per heavy atom. The molecule has 4 aromatic rings. The molecule has 1 N–H and O–H groups in total. The summed E-state index contributed by atoms with van der Waals surface area (Å²) in [4.78, 5) is 42.6. The van der Waals surface area contributed by atoms with Crippen molar-refractivity contribution >= 4 is 28.3 Å². The molecule has 0 fully saturated rings. The van der Waals surface area contributed by atoms with Crippen molar-refractivity contribution in [2.45, 2.75) is 6.54 Å². The molecule has 2 aromatic heterocycles. The zero-order valence-electron chi connectivity index (χ0n) is 17.0. The zero-order chi connectivity index (χ0) is 22.7. The number of carbonyl (C=O) groups is 2. The van der Waals surface area contributed by atoms with Crippen LogP contribution in [0.15, 0.2) is 78.0 Å². The Morgan fingerprint density at radius 1 is 1.09 bits per heavy atom. The summed E-state index contributed by atoms with van der Waals surface area (Å²) in [7, 11) is 1.49. The Kier molecular flexibility index (Phi) is 5.76. The van der Waals surface area contributed by atoms with Crippen LogP contribution in [0.4, 0.5) is 10.1 Å². The van der Waals surface area contributed by atoms with Crippen molar-refractivity contribution in [2.24, 2.45) is 0 Å². The van der Waals surface area contributed by atoms with Gasteiger partial charge in [-0.15, -0.1) is 0 Å². The molecule has 32 heavy (non-hydrogen) atoms. The van der Waals surface area contributed by atoms with Gasteiger partial charge in [-0.3, -0.25) is 19.4 Å². The molecule has 0 spiro atoms. The van der Waals surface area contributed by atoms with Crippen LogP contribution >= 0.6 is 0 Å². The maximum atomic E-state index is 13.4. The van der Waals surface area contributed by atoms with Gasteiger partial charge in [0.15, 0.2) is 5.78 Å². The van der Waals surface area contributed by atoms with E-state index in [-0.39, 0.29) is 17.5 Å². The minimum Gasteiger partial charge on any atom is -0.497 e. The molecule has 2 heterocycles. The number of anilines is 1. The predicted molar refractivity (Wildman–Crippen MR) is 117 cm³/mol. The van der Waals surface area contributed by atoms with E-state index in [1.807, 2.05) is 0 Å². The van der Waals surface area contributed by atoms with Crippen molar-refractivity contribution < 1.29 is 18.7 Å². The molecule has 0 aliphatic carbocycles. The lowest BCUT2D eigenvalue weighted by Crippen LogP contribution is -2.24. The Hall–Kier alpha value is -4.33. The van der Waals surface area contributed by atoms with Crippen LogP contribution in [0.3, 0.4) is 0 Å². The van der Waals surface area contributed by atoms with Gasteiger partial charge in [0, 0.05) is 41.3 Å². The number of aromatic nitrogens is 2. The third kappa shape index (κ3) is 4.24. The quantitative estimate of drug-likeness (QED) is 0.473. The van der Waals surface area contributed by atoms with E-state index in [1.165, 1.54) is 60.6 Å². The highest BCUT2D eigenvalue weighted by atomic mass is 19.1. The second kappa shape index (κ2) is 8.81. The van der Waals surface area contributed by atoms with E-state index in [9.17, 15) is 18.8 Å². The molecular weight excluding hydrogens is 413 g/mol. The number of hydrogen-bond donors (Lipinski definition) is 1. The fourth-order valence-electron chi connectivity index (χ4n) is 3.37. The molecule has 0 saturated heterocycles. The van der Waals surface area contributed by atoms with Crippen LogP contribution in [0.25, 0.3) is 10.9 Å². The summed E-state index contributed by atoms with van der Waals surface area (Å²) >= 11 is 0. The molecule has 2 aromatic carbocycles. The molecule has 4 rings (SSSR count). The first-order chi connectivity index (χ1) is 15.5. The van der Waals surface area contributed by atoms with Gasteiger partial charge in [-0.25, -0.2) is 4.39 Å². The van der Waals surface area contributed by atoms with Crippen LogP contribution < -0.4 is 15.5 Å². The van der Waals surface area contributed by atoms with E-state index in [2.05, 4.69) is 10.3 Å². The van der Waals surface area contributed by atoms with E-state index < -0.39 is 22.9 Å². The van der Waals surface area contributed by atoms with Gasteiger partial charge in [-0.2, -0.15) is 0 Å². The molecule has 1 amide bonds. The fraction of sp³-hybridized carbons (Fsp3) is 0.0833. The first-order valence-electron chi connectivity index (χ1n) is 9.67. The second-order valence-electron chi connectivity index (χ2n) is 7.01. The number of pyridine rings is 2. The number of halogens is 1. The highest BCUT2D eigenvalue weighted by molar-refractivity contribution is 6.10. The summed E-state index contributed by atoms with van der Waals surface area (Å²) in [5.41, 5.74) is 0.500. The molecule has 0 aliphatic heterocycles. The van der Waals surface area contributed by atoms with E-state index in [4.69, 9.17) is 4.74 Å². The zero-order valence-corrected chi connectivity index (χ0v) is 17.0. The minimum atomic E-state index is -0.480. The summed E-state index contributed by atoms with van der Waals surface area (Å²) in [5.74, 6) is -0.920. The lowest BCUT2D eigenvalue weighted by atomic mass is 10.0. The highest BCUT2D eigenvalue weighted by Crippen LogP contribution is 2.21. The molecule has 0 saturated carbocycles. The molecule has 0 bridgehead atoms. The van der Waals surface area contributed by atoms with Crippen LogP contribution in [0.2, 0.25) is 0 Å². The third-order valence-electron chi connectivity index (χ3n) is 4.90. The number of amides is 1. The van der Waals surface area contributed by atoms with Crippen LogP contribution in [0, 0.1) is 5.82 Å². The first kappa shape index (κ1) is 20.9. The Balaban J connectivity index is 1.78. The largest absolute Gasteiger partial charge is 0.497 e. The van der Waals surface area contributed by atoms with Crippen molar-refractivity contribution in [2.75, 3.05) is 12.4 Å². The van der Waals surface area contributed by atoms with Gasteiger partial charge >= 0.3 is 0 Å². The summed E-state index contributed by atoms with van der Waals surface area (Å²) in [6.07, 6.45) is 4.28. The topological polar surface area (TPSA) is 90.3 Å². The van der Waals surface area contributed by atoms with Crippen LogP contribution in [0.5, 0.6) is 5.75 Å². The van der Waals surface area contributed by atoms with Gasteiger partial charge in [-0.05, 0) is 42.5 Å². The molecule has 8 heteroatoms. The number of methoxy groups -OCH3 is 1. The van der Waals surface area contributed by atoms with Crippen LogP contribution in [-0.2, 0) is 11.3 Å². The van der Waals surface area contributed by atoms with E-state index >= 15 is 0 Å². The van der Waals surface area contributed by atoms with E-state index in [0.29, 0.717) is 22.5 Å². The SMILES string of the molecule is COc1ccc2c(=O)c(C(=O)c3ccncc3)cn(CC(=O)Nc3cccc(F)c3)c2c1. The predicted octanol–water partition coefficient (Wildman–Crippen LogP) is 3.41. The summed E-state index contributed by atoms with van der Waals surface area (Å²) in [6.45, 7) is -0.211. The lowest BCUT2D eigenvalue weighted by molar-refractivity contribution is -0.116. The average molecular weight is 431 g/mol. The fourth-order valence-corrected chi connectivity index (χ4v) is 3.37. The molecule has 0 aliphatic rings. The van der Waals surface area contributed by atoms with E-state index in [1.54, 1.807) is 24.3 Å². The minimum absolute atomic E-state index is 0.0765. The standard InChI is InChI=1S/C24H18FN3O4/c1-32-18-5-6-19-21(12-18)28(14-22(29)27-17-4-2-3-16(25)11-17)13-20(24(19)31)23(30)15-7-9-26-10-8-15/h2-13H,14H2,1H3,(H,27,29). The van der Waals surface area contributed by atoms with Crippen molar-refractivity contribution in [1.82, 2.24) is 9.55 Å². The molecule has 0 atom stereocenters. The monoisotopic (exact) mass is 431 g/mol. The maximum absolute atomic E-state index is 13.4. The normalized spacial score (nSPS) is 10.7. The molecule has 7 nitrogen and oxygen atoms in total. The van der Waals surface area contributed by atoms with Gasteiger partial charge in [0.05, 0.1) is 18.2 Å². The first-order valence-corrected chi connectivity index (χ1v) is 9.67. The van der Waals surface area contributed by atoms with Crippen molar-refractivity contribution in [3.05, 3.63) is 100 Å². The van der Waals surface area contributed by atoms with Gasteiger partial charge in [0.1, 0.15) is 18.1 Å². The van der Waals surface area contributed by atoms with Crippen molar-refractivity contribution in [1.29, 1.82) is 0 Å². The van der Waals surface area contributed by atoms with Crippen LogP contribution in [-0.4, -0.2) is 28.4 Å². The lowest BCUT2D eigenvalue weighted by Gasteiger charge is -2.14. The Labute approximate surface area is 182 Å². The number of nitrogens with zero attached hydrogens (tertiary/aromatic N) is 2. The number of ether oxygens (including phenoxy) is 1. The highest BCUT2D eigenvalue weighted by Gasteiger charge is 2.19. The number of benzene rings is 2. The van der Waals surface area contributed by atoms with E-state index in [0.717, 1.165) is 0 Å². The van der Waals surface area contributed by atoms with Crippen molar-refractivity contribution in [3.63, 3.8) is 0 Å². The number of fused-ring (bicyclic) bond motifs is 1. The molecule has 0 radical (unpaired) electrons.